The Morgan fingerprint density at radius 1 is 1.23 bits per heavy atom. The number of hydrogen-bond acceptors (Lipinski definition) is 4. The first-order valence-corrected chi connectivity index (χ1v) is 8.99. The van der Waals surface area contributed by atoms with E-state index >= 15 is 0 Å². The summed E-state index contributed by atoms with van der Waals surface area (Å²) in [6.07, 6.45) is 5.13. The summed E-state index contributed by atoms with van der Waals surface area (Å²) in [5.41, 5.74) is 2.76. The van der Waals surface area contributed by atoms with Crippen LogP contribution in [-0.2, 0) is 0 Å². The summed E-state index contributed by atoms with van der Waals surface area (Å²) >= 11 is 12.3. The molecule has 0 amide bonds. The summed E-state index contributed by atoms with van der Waals surface area (Å²) in [6.45, 7) is 0. The highest BCUT2D eigenvalue weighted by Gasteiger charge is 2.40. The number of fused-ring (bicyclic) bond motifs is 3. The number of anilines is 1. The standard InChI is InChI=1S/C19H16Cl2N2O3/c1-26-17-9-11(23(24)25)8-14-12-3-2-4-13(12)18(22-19(14)17)10-5-6-15(20)16(21)7-10/h2-3,5-9,12-13,18,22H,4H2,1H3/t12-,13+,18+/m1/s1. The van der Waals surface area contributed by atoms with E-state index in [4.69, 9.17) is 27.9 Å². The van der Waals surface area contributed by atoms with Gasteiger partial charge in [-0.15, -0.1) is 0 Å². The molecule has 134 valence electrons. The lowest BCUT2D eigenvalue weighted by Gasteiger charge is -2.38. The maximum Gasteiger partial charge on any atom is 0.273 e. The van der Waals surface area contributed by atoms with Gasteiger partial charge in [0.25, 0.3) is 5.69 Å². The van der Waals surface area contributed by atoms with E-state index in [0.717, 1.165) is 23.2 Å². The molecular formula is C19H16Cl2N2O3. The van der Waals surface area contributed by atoms with E-state index in [2.05, 4.69) is 17.5 Å². The fraction of sp³-hybridized carbons (Fsp3) is 0.263. The first-order valence-electron chi connectivity index (χ1n) is 8.24. The second kappa shape index (κ2) is 6.49. The predicted octanol–water partition coefficient (Wildman–Crippen LogP) is 5.74. The number of nitrogens with one attached hydrogen (secondary N) is 1. The lowest BCUT2D eigenvalue weighted by Crippen LogP contribution is -2.29. The molecule has 2 aliphatic rings. The van der Waals surface area contributed by atoms with Crippen molar-refractivity contribution in [2.45, 2.75) is 18.4 Å². The Kier molecular flexibility index (Phi) is 4.29. The van der Waals surface area contributed by atoms with E-state index in [1.807, 2.05) is 12.1 Å². The van der Waals surface area contributed by atoms with Crippen LogP contribution in [0, 0.1) is 16.0 Å². The molecule has 26 heavy (non-hydrogen) atoms. The number of allylic oxidation sites excluding steroid dienone is 2. The van der Waals surface area contributed by atoms with Gasteiger partial charge >= 0.3 is 0 Å². The summed E-state index contributed by atoms with van der Waals surface area (Å²) in [4.78, 5) is 10.9. The molecule has 0 spiro atoms. The molecule has 1 aliphatic carbocycles. The van der Waals surface area contributed by atoms with Gasteiger partial charge in [-0.25, -0.2) is 0 Å². The number of nitro groups is 1. The predicted molar refractivity (Wildman–Crippen MR) is 102 cm³/mol. The Morgan fingerprint density at radius 3 is 2.73 bits per heavy atom. The highest BCUT2D eigenvalue weighted by molar-refractivity contribution is 6.42. The van der Waals surface area contributed by atoms with Gasteiger partial charge in [0.15, 0.2) is 0 Å². The molecule has 4 rings (SSSR count). The molecule has 0 saturated heterocycles. The van der Waals surface area contributed by atoms with Gasteiger partial charge in [0.2, 0.25) is 0 Å². The van der Waals surface area contributed by atoms with E-state index < -0.39 is 0 Å². The van der Waals surface area contributed by atoms with Crippen molar-refractivity contribution in [2.75, 3.05) is 12.4 Å². The molecule has 7 heteroatoms. The van der Waals surface area contributed by atoms with Gasteiger partial charge in [-0.05, 0) is 35.6 Å². The Labute approximate surface area is 160 Å². The van der Waals surface area contributed by atoms with Gasteiger partial charge in [-0.1, -0.05) is 41.4 Å². The third kappa shape index (κ3) is 2.72. The van der Waals surface area contributed by atoms with Gasteiger partial charge in [-0.3, -0.25) is 10.1 Å². The largest absolute Gasteiger partial charge is 0.494 e. The van der Waals surface area contributed by atoms with Crippen LogP contribution in [0.15, 0.2) is 42.5 Å². The van der Waals surface area contributed by atoms with Crippen LogP contribution in [0.25, 0.3) is 0 Å². The molecular weight excluding hydrogens is 375 g/mol. The number of ether oxygens (including phenoxy) is 1. The van der Waals surface area contributed by atoms with Crippen LogP contribution in [0.1, 0.15) is 29.5 Å². The Morgan fingerprint density at radius 2 is 2.04 bits per heavy atom. The van der Waals surface area contributed by atoms with Gasteiger partial charge in [-0.2, -0.15) is 0 Å². The topological polar surface area (TPSA) is 64.4 Å². The maximum atomic E-state index is 11.3. The summed E-state index contributed by atoms with van der Waals surface area (Å²) in [5, 5.41) is 15.8. The van der Waals surface area contributed by atoms with E-state index in [1.165, 1.54) is 13.2 Å². The van der Waals surface area contributed by atoms with Crippen molar-refractivity contribution in [3.63, 3.8) is 0 Å². The number of methoxy groups -OCH3 is 1. The van der Waals surface area contributed by atoms with E-state index in [1.54, 1.807) is 12.1 Å². The third-order valence-electron chi connectivity index (χ3n) is 5.15. The molecule has 2 aromatic rings. The second-order valence-corrected chi connectivity index (χ2v) is 7.33. The van der Waals surface area contributed by atoms with Crippen LogP contribution in [0.3, 0.4) is 0 Å². The minimum atomic E-state index is -0.387. The molecule has 2 aromatic carbocycles. The van der Waals surface area contributed by atoms with E-state index in [0.29, 0.717) is 15.8 Å². The Hall–Kier alpha value is -2.24. The fourth-order valence-corrected chi connectivity index (χ4v) is 4.26. The lowest BCUT2D eigenvalue weighted by molar-refractivity contribution is -0.385. The molecule has 0 radical (unpaired) electrons. The monoisotopic (exact) mass is 390 g/mol. The average molecular weight is 391 g/mol. The Balaban J connectivity index is 1.84. The van der Waals surface area contributed by atoms with Gasteiger partial charge in [0.1, 0.15) is 5.75 Å². The van der Waals surface area contributed by atoms with Crippen LogP contribution in [0.2, 0.25) is 10.0 Å². The zero-order valence-corrected chi connectivity index (χ0v) is 15.4. The SMILES string of the molecule is COc1cc([N+](=O)[O-])cc2c1N[C@@H](c1ccc(Cl)c(Cl)c1)[C@H]1CC=C[C@@H]21. The molecule has 3 atom stereocenters. The number of nitro benzene ring substituents is 1. The van der Waals surface area contributed by atoms with Crippen LogP contribution < -0.4 is 10.1 Å². The van der Waals surface area contributed by atoms with Crippen molar-refractivity contribution in [1.82, 2.24) is 0 Å². The minimum absolute atomic E-state index is 0.00706. The van der Waals surface area contributed by atoms with Crippen molar-refractivity contribution in [3.05, 3.63) is 73.8 Å². The summed E-state index contributed by atoms with van der Waals surface area (Å²) in [7, 11) is 1.52. The molecule has 0 bridgehead atoms. The van der Waals surface area contributed by atoms with E-state index in [9.17, 15) is 10.1 Å². The zero-order chi connectivity index (χ0) is 18.4. The summed E-state index contributed by atoms with van der Waals surface area (Å²) in [5.74, 6) is 0.795. The zero-order valence-electron chi connectivity index (χ0n) is 13.9. The van der Waals surface area contributed by atoms with Crippen molar-refractivity contribution in [2.24, 2.45) is 5.92 Å². The highest BCUT2D eigenvalue weighted by Crippen LogP contribution is 2.53. The van der Waals surface area contributed by atoms with Gasteiger partial charge < -0.3 is 10.1 Å². The number of halogens is 2. The number of non-ortho nitro benzene ring substituents is 1. The smallest absolute Gasteiger partial charge is 0.273 e. The number of hydrogen-bond donors (Lipinski definition) is 1. The van der Waals surface area contributed by atoms with Crippen LogP contribution in [0.4, 0.5) is 11.4 Å². The number of nitrogens with zero attached hydrogens (tertiary/aromatic N) is 1. The quantitative estimate of drug-likeness (QED) is 0.412. The number of benzene rings is 2. The molecule has 0 aromatic heterocycles. The first kappa shape index (κ1) is 17.2. The minimum Gasteiger partial charge on any atom is -0.494 e. The maximum absolute atomic E-state index is 11.3. The molecule has 0 unspecified atom stereocenters. The van der Waals surface area contributed by atoms with Crippen LogP contribution in [-0.4, -0.2) is 12.0 Å². The first-order chi connectivity index (χ1) is 12.5. The number of rotatable bonds is 3. The van der Waals surface area contributed by atoms with Crippen LogP contribution in [0.5, 0.6) is 5.75 Å². The van der Waals surface area contributed by atoms with Gasteiger partial charge in [0.05, 0.1) is 39.9 Å². The lowest BCUT2D eigenvalue weighted by atomic mass is 9.76. The van der Waals surface area contributed by atoms with Gasteiger partial charge in [0, 0.05) is 12.0 Å². The van der Waals surface area contributed by atoms with Crippen molar-refractivity contribution >= 4 is 34.6 Å². The molecule has 0 fully saturated rings. The van der Waals surface area contributed by atoms with E-state index in [-0.39, 0.29) is 28.5 Å². The molecule has 1 heterocycles. The highest BCUT2D eigenvalue weighted by atomic mass is 35.5. The van der Waals surface area contributed by atoms with Crippen molar-refractivity contribution in [1.29, 1.82) is 0 Å². The fourth-order valence-electron chi connectivity index (χ4n) is 3.95. The molecule has 1 N–H and O–H groups in total. The summed E-state index contributed by atoms with van der Waals surface area (Å²) in [6, 6.07) is 8.73. The van der Waals surface area contributed by atoms with Crippen molar-refractivity contribution < 1.29 is 9.66 Å². The molecule has 5 nitrogen and oxygen atoms in total. The van der Waals surface area contributed by atoms with Crippen molar-refractivity contribution in [3.8, 4) is 5.75 Å². The third-order valence-corrected chi connectivity index (χ3v) is 5.89. The average Bonchev–Trinajstić information content (AvgIpc) is 3.12. The van der Waals surface area contributed by atoms with Crippen LogP contribution >= 0.6 is 23.2 Å². The second-order valence-electron chi connectivity index (χ2n) is 6.52. The molecule has 0 saturated carbocycles. The normalized spacial score (nSPS) is 23.1. The molecule has 1 aliphatic heterocycles. The summed E-state index contributed by atoms with van der Waals surface area (Å²) < 4.78 is 5.44. The Bertz CT molecular complexity index is 929.